The van der Waals surface area contributed by atoms with E-state index in [2.05, 4.69) is 45.9 Å². The van der Waals surface area contributed by atoms with Gasteiger partial charge >= 0.3 is 0 Å². The lowest BCUT2D eigenvalue weighted by molar-refractivity contribution is 0.189. The summed E-state index contributed by atoms with van der Waals surface area (Å²) in [5.74, 6) is -0.195. The number of hydrogen-bond donors (Lipinski definition) is 2. The molecule has 0 radical (unpaired) electrons. The summed E-state index contributed by atoms with van der Waals surface area (Å²) in [6.07, 6.45) is 1.03. The molecular weight excluding hydrogens is 289 g/mol. The highest BCUT2D eigenvalue weighted by atomic mass is 19.1. The van der Waals surface area contributed by atoms with Gasteiger partial charge in [0.05, 0.1) is 0 Å². The van der Waals surface area contributed by atoms with Crippen LogP contribution >= 0.6 is 0 Å². The molecule has 1 unspecified atom stereocenters. The zero-order valence-corrected chi connectivity index (χ0v) is 13.3. The first-order valence-electron chi connectivity index (χ1n) is 8.29. The van der Waals surface area contributed by atoms with Gasteiger partial charge < -0.3 is 10.6 Å². The van der Waals surface area contributed by atoms with Gasteiger partial charge in [0, 0.05) is 44.5 Å². The van der Waals surface area contributed by atoms with Gasteiger partial charge in [-0.2, -0.15) is 0 Å². The Balaban J connectivity index is 1.43. The number of benzene rings is 2. The van der Waals surface area contributed by atoms with Gasteiger partial charge in [0.15, 0.2) is 0 Å². The van der Waals surface area contributed by atoms with Crippen LogP contribution in [-0.2, 0) is 6.54 Å². The Bertz CT molecular complexity index is 603. The third-order valence-corrected chi connectivity index (χ3v) is 4.24. The topological polar surface area (TPSA) is 27.3 Å². The van der Waals surface area contributed by atoms with Gasteiger partial charge in [-0.15, -0.1) is 0 Å². The van der Waals surface area contributed by atoms with Crippen LogP contribution in [0.15, 0.2) is 54.6 Å². The maximum atomic E-state index is 13.1. The summed E-state index contributed by atoms with van der Waals surface area (Å²) in [5, 5.41) is 6.88. The summed E-state index contributed by atoms with van der Waals surface area (Å²) in [5.41, 5.74) is 2.22. The average Bonchev–Trinajstić information content (AvgIpc) is 2.56. The molecule has 1 fully saturated rings. The lowest BCUT2D eigenvalue weighted by Gasteiger charge is -2.34. The zero-order chi connectivity index (χ0) is 15.9. The standard InChI is InChI=1S/C19H24FN3/c20-17-7-4-8-18(13-17)21-10-9-19-15-23(12-11-22-19)14-16-5-2-1-3-6-16/h1-8,13,19,21-22H,9-12,14-15H2. The lowest BCUT2D eigenvalue weighted by Crippen LogP contribution is -2.50. The summed E-state index contributed by atoms with van der Waals surface area (Å²) < 4.78 is 13.1. The van der Waals surface area contributed by atoms with Gasteiger partial charge in [0.2, 0.25) is 0 Å². The fourth-order valence-corrected chi connectivity index (χ4v) is 3.06. The van der Waals surface area contributed by atoms with E-state index in [-0.39, 0.29) is 5.82 Å². The van der Waals surface area contributed by atoms with E-state index in [1.807, 2.05) is 6.07 Å². The van der Waals surface area contributed by atoms with Gasteiger partial charge in [-0.05, 0) is 30.2 Å². The normalized spacial score (nSPS) is 18.7. The molecule has 1 aliphatic rings. The molecule has 3 rings (SSSR count). The summed E-state index contributed by atoms with van der Waals surface area (Å²) in [4.78, 5) is 2.50. The molecule has 2 aromatic carbocycles. The fraction of sp³-hybridized carbons (Fsp3) is 0.368. The van der Waals surface area contributed by atoms with E-state index in [1.54, 1.807) is 6.07 Å². The van der Waals surface area contributed by atoms with Crippen LogP contribution in [0, 0.1) is 5.82 Å². The molecule has 2 aromatic rings. The number of halogens is 1. The molecule has 23 heavy (non-hydrogen) atoms. The Morgan fingerprint density at radius 2 is 2.00 bits per heavy atom. The van der Waals surface area contributed by atoms with Crippen molar-refractivity contribution < 1.29 is 4.39 Å². The first kappa shape index (κ1) is 16.0. The van der Waals surface area contributed by atoms with Crippen LogP contribution in [0.25, 0.3) is 0 Å². The van der Waals surface area contributed by atoms with Crippen molar-refractivity contribution >= 4 is 5.69 Å². The second kappa shape index (κ2) is 8.09. The molecule has 1 heterocycles. The van der Waals surface area contributed by atoms with Crippen LogP contribution in [0.3, 0.4) is 0 Å². The Morgan fingerprint density at radius 1 is 1.13 bits per heavy atom. The minimum absolute atomic E-state index is 0.195. The maximum absolute atomic E-state index is 13.1. The van der Waals surface area contributed by atoms with Crippen molar-refractivity contribution in [3.05, 3.63) is 66.0 Å². The van der Waals surface area contributed by atoms with E-state index < -0.39 is 0 Å². The van der Waals surface area contributed by atoms with E-state index in [1.165, 1.54) is 17.7 Å². The molecule has 2 N–H and O–H groups in total. The minimum Gasteiger partial charge on any atom is -0.385 e. The van der Waals surface area contributed by atoms with Crippen molar-refractivity contribution in [3.8, 4) is 0 Å². The third-order valence-electron chi connectivity index (χ3n) is 4.24. The highest BCUT2D eigenvalue weighted by molar-refractivity contribution is 5.42. The van der Waals surface area contributed by atoms with Crippen molar-refractivity contribution in [2.45, 2.75) is 19.0 Å². The second-order valence-electron chi connectivity index (χ2n) is 6.10. The second-order valence-corrected chi connectivity index (χ2v) is 6.10. The summed E-state index contributed by atoms with van der Waals surface area (Å²) in [6.45, 7) is 5.02. The molecule has 0 amide bonds. The molecule has 1 aliphatic heterocycles. The SMILES string of the molecule is Fc1cccc(NCCC2CN(Cc3ccccc3)CCN2)c1. The smallest absolute Gasteiger partial charge is 0.125 e. The number of anilines is 1. The molecular formula is C19H24FN3. The number of nitrogens with one attached hydrogen (secondary N) is 2. The van der Waals surface area contributed by atoms with Gasteiger partial charge in [-0.3, -0.25) is 4.90 Å². The van der Waals surface area contributed by atoms with Crippen molar-refractivity contribution in [1.82, 2.24) is 10.2 Å². The Hall–Kier alpha value is -1.91. The highest BCUT2D eigenvalue weighted by Crippen LogP contribution is 2.11. The van der Waals surface area contributed by atoms with E-state index in [9.17, 15) is 4.39 Å². The predicted octanol–water partition coefficient (Wildman–Crippen LogP) is 3.10. The molecule has 0 bridgehead atoms. The van der Waals surface area contributed by atoms with E-state index in [4.69, 9.17) is 0 Å². The number of piperazine rings is 1. The molecule has 3 nitrogen and oxygen atoms in total. The van der Waals surface area contributed by atoms with E-state index >= 15 is 0 Å². The Kier molecular flexibility index (Phi) is 5.61. The molecule has 0 aromatic heterocycles. The van der Waals surface area contributed by atoms with Gasteiger partial charge in [0.1, 0.15) is 5.82 Å². The highest BCUT2D eigenvalue weighted by Gasteiger charge is 2.18. The third kappa shape index (κ3) is 5.05. The average molecular weight is 313 g/mol. The monoisotopic (exact) mass is 313 g/mol. The van der Waals surface area contributed by atoms with Crippen LogP contribution in [0.5, 0.6) is 0 Å². The number of nitrogens with zero attached hydrogens (tertiary/aromatic N) is 1. The van der Waals surface area contributed by atoms with Crippen molar-refractivity contribution in [2.75, 3.05) is 31.5 Å². The summed E-state index contributed by atoms with van der Waals surface area (Å²) >= 11 is 0. The lowest BCUT2D eigenvalue weighted by atomic mass is 10.1. The van der Waals surface area contributed by atoms with Crippen molar-refractivity contribution in [3.63, 3.8) is 0 Å². The molecule has 1 atom stereocenters. The first-order chi connectivity index (χ1) is 11.3. The van der Waals surface area contributed by atoms with Gasteiger partial charge in [-0.25, -0.2) is 4.39 Å². The first-order valence-corrected chi connectivity index (χ1v) is 8.29. The van der Waals surface area contributed by atoms with Crippen LogP contribution in [0.1, 0.15) is 12.0 Å². The molecule has 0 saturated carbocycles. The summed E-state index contributed by atoms with van der Waals surface area (Å²) in [6, 6.07) is 17.7. The zero-order valence-electron chi connectivity index (χ0n) is 13.3. The van der Waals surface area contributed by atoms with Gasteiger partial charge in [-0.1, -0.05) is 36.4 Å². The van der Waals surface area contributed by atoms with Gasteiger partial charge in [0.25, 0.3) is 0 Å². The maximum Gasteiger partial charge on any atom is 0.125 e. The van der Waals surface area contributed by atoms with Crippen LogP contribution < -0.4 is 10.6 Å². The van der Waals surface area contributed by atoms with Crippen molar-refractivity contribution in [2.24, 2.45) is 0 Å². The molecule has 122 valence electrons. The molecule has 0 aliphatic carbocycles. The van der Waals surface area contributed by atoms with Crippen LogP contribution in [0.4, 0.5) is 10.1 Å². The summed E-state index contributed by atoms with van der Waals surface area (Å²) in [7, 11) is 0. The molecule has 0 spiro atoms. The van der Waals surface area contributed by atoms with Crippen LogP contribution in [-0.4, -0.2) is 37.1 Å². The van der Waals surface area contributed by atoms with E-state index in [0.717, 1.165) is 44.8 Å². The number of rotatable bonds is 6. The van der Waals surface area contributed by atoms with E-state index in [0.29, 0.717) is 6.04 Å². The minimum atomic E-state index is -0.195. The number of hydrogen-bond acceptors (Lipinski definition) is 3. The Morgan fingerprint density at radius 3 is 2.83 bits per heavy atom. The fourth-order valence-electron chi connectivity index (χ4n) is 3.06. The quantitative estimate of drug-likeness (QED) is 0.858. The Labute approximate surface area is 137 Å². The van der Waals surface area contributed by atoms with Crippen LogP contribution in [0.2, 0.25) is 0 Å². The molecule has 4 heteroatoms. The molecule has 1 saturated heterocycles. The largest absolute Gasteiger partial charge is 0.385 e. The van der Waals surface area contributed by atoms with Crippen molar-refractivity contribution in [1.29, 1.82) is 0 Å². The predicted molar refractivity (Wildman–Crippen MR) is 93.0 cm³/mol.